The highest BCUT2D eigenvalue weighted by Gasteiger charge is 2.41. The van der Waals surface area contributed by atoms with Gasteiger partial charge >= 0.3 is 0 Å². The van der Waals surface area contributed by atoms with E-state index in [4.69, 9.17) is 17.3 Å². The predicted molar refractivity (Wildman–Crippen MR) is 51.6 cm³/mol. The normalized spacial score (nSPS) is 18.2. The van der Waals surface area contributed by atoms with Crippen LogP contribution in [-0.4, -0.2) is 4.98 Å². The van der Waals surface area contributed by atoms with Gasteiger partial charge in [-0.1, -0.05) is 11.6 Å². The van der Waals surface area contributed by atoms with Gasteiger partial charge in [-0.15, -0.1) is 12.4 Å². The highest BCUT2D eigenvalue weighted by molar-refractivity contribution is 6.30. The number of nitrogens with zero attached hydrogens (tertiary/aromatic N) is 1. The number of halogens is 2. The zero-order chi connectivity index (χ0) is 7.90. The van der Waals surface area contributed by atoms with Crippen LogP contribution >= 0.6 is 24.0 Å². The average molecular weight is 205 g/mol. The molecule has 0 bridgehead atoms. The van der Waals surface area contributed by atoms with Gasteiger partial charge in [0.25, 0.3) is 0 Å². The fourth-order valence-corrected chi connectivity index (χ4v) is 1.23. The van der Waals surface area contributed by atoms with Gasteiger partial charge in [0.05, 0.1) is 11.2 Å². The molecular weight excluding hydrogens is 195 g/mol. The molecule has 0 amide bonds. The third-order valence-corrected chi connectivity index (χ3v) is 2.26. The van der Waals surface area contributed by atoms with Crippen LogP contribution in [0.5, 0.6) is 0 Å². The van der Waals surface area contributed by atoms with Gasteiger partial charge in [-0.3, -0.25) is 4.98 Å². The Kier molecular flexibility index (Phi) is 2.61. The highest BCUT2D eigenvalue weighted by Crippen LogP contribution is 2.41. The number of nitrogens with two attached hydrogens (primary N) is 1. The Hall–Kier alpha value is -0.310. The third-order valence-electron chi connectivity index (χ3n) is 2.02. The summed E-state index contributed by atoms with van der Waals surface area (Å²) in [4.78, 5) is 4.16. The highest BCUT2D eigenvalue weighted by atomic mass is 35.5. The van der Waals surface area contributed by atoms with Gasteiger partial charge in [0, 0.05) is 11.2 Å². The van der Waals surface area contributed by atoms with Gasteiger partial charge in [-0.2, -0.15) is 0 Å². The Morgan fingerprint density at radius 1 is 1.50 bits per heavy atom. The second-order valence-electron chi connectivity index (χ2n) is 3.02. The van der Waals surface area contributed by atoms with E-state index in [-0.39, 0.29) is 17.9 Å². The van der Waals surface area contributed by atoms with Crippen molar-refractivity contribution in [1.82, 2.24) is 4.98 Å². The Bertz CT molecular complexity index is 284. The minimum Gasteiger partial charge on any atom is -0.320 e. The van der Waals surface area contributed by atoms with E-state index < -0.39 is 0 Å². The standard InChI is InChI=1S/C8H9ClN2.ClH/c9-6-1-4-11-7(5-6)8(10)2-3-8;/h1,4-5H,2-3,10H2;1H. The van der Waals surface area contributed by atoms with Crippen LogP contribution < -0.4 is 5.73 Å². The number of aromatic nitrogens is 1. The molecule has 1 aromatic heterocycles. The summed E-state index contributed by atoms with van der Waals surface area (Å²) < 4.78 is 0. The van der Waals surface area contributed by atoms with Crippen LogP contribution in [0.25, 0.3) is 0 Å². The fourth-order valence-electron chi connectivity index (χ4n) is 1.07. The molecular formula is C8H10Cl2N2. The zero-order valence-electron chi connectivity index (χ0n) is 6.46. The molecule has 66 valence electrons. The van der Waals surface area contributed by atoms with Gasteiger partial charge in [0.1, 0.15) is 0 Å². The lowest BCUT2D eigenvalue weighted by Crippen LogP contribution is -2.19. The third kappa shape index (κ3) is 1.71. The molecule has 2 N–H and O–H groups in total. The van der Waals surface area contributed by atoms with Crippen molar-refractivity contribution in [1.29, 1.82) is 0 Å². The monoisotopic (exact) mass is 204 g/mol. The van der Waals surface area contributed by atoms with Crippen LogP contribution in [0.15, 0.2) is 18.3 Å². The van der Waals surface area contributed by atoms with Crippen molar-refractivity contribution in [3.05, 3.63) is 29.0 Å². The molecule has 1 aliphatic carbocycles. The van der Waals surface area contributed by atoms with Crippen LogP contribution in [0.1, 0.15) is 18.5 Å². The van der Waals surface area contributed by atoms with E-state index in [2.05, 4.69) is 4.98 Å². The Morgan fingerprint density at radius 3 is 2.67 bits per heavy atom. The molecule has 4 heteroatoms. The van der Waals surface area contributed by atoms with Crippen molar-refractivity contribution in [3.63, 3.8) is 0 Å². The zero-order valence-corrected chi connectivity index (χ0v) is 8.03. The van der Waals surface area contributed by atoms with Gasteiger partial charge in [-0.05, 0) is 25.0 Å². The predicted octanol–water partition coefficient (Wildman–Crippen LogP) is 2.10. The minimum absolute atomic E-state index is 0. The van der Waals surface area contributed by atoms with Gasteiger partial charge in [0.15, 0.2) is 0 Å². The van der Waals surface area contributed by atoms with Crippen LogP contribution in [-0.2, 0) is 5.54 Å². The lowest BCUT2D eigenvalue weighted by Gasteiger charge is -2.06. The Morgan fingerprint density at radius 2 is 2.17 bits per heavy atom. The smallest absolute Gasteiger partial charge is 0.0617 e. The SMILES string of the molecule is Cl.NC1(c2cc(Cl)ccn2)CC1. The molecule has 0 saturated heterocycles. The molecule has 0 radical (unpaired) electrons. The van der Waals surface area contributed by atoms with Crippen LogP contribution in [0.2, 0.25) is 5.02 Å². The van der Waals surface area contributed by atoms with Crippen LogP contribution in [0, 0.1) is 0 Å². The van der Waals surface area contributed by atoms with E-state index in [1.54, 1.807) is 12.3 Å². The summed E-state index contributed by atoms with van der Waals surface area (Å²) in [6, 6.07) is 3.60. The van der Waals surface area contributed by atoms with Crippen molar-refractivity contribution in [2.75, 3.05) is 0 Å². The maximum absolute atomic E-state index is 5.92. The summed E-state index contributed by atoms with van der Waals surface area (Å²) in [6.07, 6.45) is 3.76. The first-order valence-corrected chi connectivity index (χ1v) is 3.99. The lowest BCUT2D eigenvalue weighted by molar-refractivity contribution is 0.708. The quantitative estimate of drug-likeness (QED) is 0.762. The van der Waals surface area contributed by atoms with Crippen molar-refractivity contribution < 1.29 is 0 Å². The number of rotatable bonds is 1. The molecule has 0 atom stereocenters. The number of hydrogen-bond acceptors (Lipinski definition) is 2. The Balaban J connectivity index is 0.000000720. The Labute approximate surface area is 82.5 Å². The van der Waals surface area contributed by atoms with Gasteiger partial charge < -0.3 is 5.73 Å². The first-order chi connectivity index (χ1) is 5.21. The van der Waals surface area contributed by atoms with E-state index in [0.717, 1.165) is 18.5 Å². The number of hydrogen-bond donors (Lipinski definition) is 1. The lowest BCUT2D eigenvalue weighted by atomic mass is 10.2. The van der Waals surface area contributed by atoms with E-state index in [9.17, 15) is 0 Å². The van der Waals surface area contributed by atoms with Gasteiger partial charge in [0.2, 0.25) is 0 Å². The second-order valence-corrected chi connectivity index (χ2v) is 3.45. The van der Waals surface area contributed by atoms with Crippen molar-refractivity contribution in [2.24, 2.45) is 5.73 Å². The summed E-state index contributed by atoms with van der Waals surface area (Å²) in [7, 11) is 0. The first-order valence-electron chi connectivity index (χ1n) is 3.62. The van der Waals surface area contributed by atoms with E-state index in [1.165, 1.54) is 0 Å². The van der Waals surface area contributed by atoms with E-state index in [1.807, 2.05) is 6.07 Å². The first kappa shape index (κ1) is 9.78. The van der Waals surface area contributed by atoms with Crippen molar-refractivity contribution in [3.8, 4) is 0 Å². The van der Waals surface area contributed by atoms with Crippen LogP contribution in [0.3, 0.4) is 0 Å². The maximum Gasteiger partial charge on any atom is 0.0617 e. The average Bonchev–Trinajstić information content (AvgIpc) is 2.70. The molecule has 0 aliphatic heterocycles. The summed E-state index contributed by atoms with van der Waals surface area (Å²) in [6.45, 7) is 0. The fraction of sp³-hybridized carbons (Fsp3) is 0.375. The number of pyridine rings is 1. The topological polar surface area (TPSA) is 38.9 Å². The molecule has 1 heterocycles. The second kappa shape index (κ2) is 3.21. The molecule has 1 fully saturated rings. The molecule has 1 aliphatic rings. The van der Waals surface area contributed by atoms with E-state index >= 15 is 0 Å². The largest absolute Gasteiger partial charge is 0.320 e. The van der Waals surface area contributed by atoms with Crippen molar-refractivity contribution in [2.45, 2.75) is 18.4 Å². The summed E-state index contributed by atoms with van der Waals surface area (Å²) in [5, 5.41) is 0.715. The molecule has 0 spiro atoms. The summed E-state index contributed by atoms with van der Waals surface area (Å²) in [5.74, 6) is 0. The summed E-state index contributed by atoms with van der Waals surface area (Å²) >= 11 is 5.78. The molecule has 12 heavy (non-hydrogen) atoms. The molecule has 1 aromatic rings. The minimum atomic E-state index is -0.162. The molecule has 1 saturated carbocycles. The molecule has 2 rings (SSSR count). The van der Waals surface area contributed by atoms with Crippen LogP contribution in [0.4, 0.5) is 0 Å². The van der Waals surface area contributed by atoms with E-state index in [0.29, 0.717) is 5.02 Å². The van der Waals surface area contributed by atoms with Crippen molar-refractivity contribution >= 4 is 24.0 Å². The molecule has 2 nitrogen and oxygen atoms in total. The molecule has 0 unspecified atom stereocenters. The van der Waals surface area contributed by atoms with Gasteiger partial charge in [-0.25, -0.2) is 0 Å². The summed E-state index contributed by atoms with van der Waals surface area (Å²) in [5.41, 5.74) is 6.68. The molecule has 0 aromatic carbocycles. The maximum atomic E-state index is 5.92.